The average Bonchev–Trinajstić information content (AvgIpc) is 3.78. The van der Waals surface area contributed by atoms with E-state index in [1.165, 1.54) is 16.7 Å². The Morgan fingerprint density at radius 3 is 1.67 bits per heavy atom. The Labute approximate surface area is 295 Å². The molecule has 0 saturated heterocycles. The van der Waals surface area contributed by atoms with Crippen LogP contribution in [0.15, 0.2) is 197 Å². The number of benzene rings is 8. The van der Waals surface area contributed by atoms with Crippen molar-refractivity contribution in [2.45, 2.75) is 0 Å². The maximum absolute atomic E-state index is 6.83. The summed E-state index contributed by atoms with van der Waals surface area (Å²) in [6, 6.07) is 66.1. The van der Waals surface area contributed by atoms with E-state index >= 15 is 0 Å². The third-order valence-corrected chi connectivity index (χ3v) is 9.88. The van der Waals surface area contributed by atoms with Gasteiger partial charge in [-0.1, -0.05) is 140 Å². The highest BCUT2D eigenvalue weighted by Crippen LogP contribution is 2.50. The minimum atomic E-state index is 0.835. The zero-order valence-corrected chi connectivity index (χ0v) is 27.7. The van der Waals surface area contributed by atoms with Crippen LogP contribution in [-0.2, 0) is 0 Å². The van der Waals surface area contributed by atoms with E-state index in [1.54, 1.807) is 0 Å². The van der Waals surface area contributed by atoms with E-state index in [9.17, 15) is 0 Å². The Hall–Kier alpha value is -6.84. The van der Waals surface area contributed by atoms with Crippen LogP contribution in [0.25, 0.3) is 77.3 Å². The van der Waals surface area contributed by atoms with Gasteiger partial charge in [-0.15, -0.1) is 0 Å². The first-order valence-corrected chi connectivity index (χ1v) is 17.3. The van der Waals surface area contributed by atoms with Crippen LogP contribution in [0, 0.1) is 0 Å². The fourth-order valence-corrected chi connectivity index (χ4v) is 7.49. The maximum Gasteiger partial charge on any atom is 0.160 e. The Balaban J connectivity index is 1.24. The largest absolute Gasteiger partial charge is 0.456 e. The van der Waals surface area contributed by atoms with E-state index in [0.717, 1.165) is 77.6 Å². The van der Waals surface area contributed by atoms with Gasteiger partial charge in [-0.3, -0.25) is 0 Å². The van der Waals surface area contributed by atoms with Crippen LogP contribution in [0.5, 0.6) is 0 Å². The van der Waals surface area contributed by atoms with E-state index in [1.807, 2.05) is 24.3 Å². The van der Waals surface area contributed by atoms with Crippen LogP contribution in [0.1, 0.15) is 0 Å². The third-order valence-electron chi connectivity index (χ3n) is 9.88. The summed E-state index contributed by atoms with van der Waals surface area (Å²) in [6.07, 6.45) is 0. The van der Waals surface area contributed by atoms with Crippen molar-refractivity contribution in [1.29, 1.82) is 0 Å². The monoisotopic (exact) mass is 653 g/mol. The summed E-state index contributed by atoms with van der Waals surface area (Å²) in [5.74, 6) is 0. The molecule has 0 radical (unpaired) electrons. The second-order valence-corrected chi connectivity index (χ2v) is 12.9. The molecule has 0 unspecified atom stereocenters. The molecule has 2 heterocycles. The Morgan fingerprint density at radius 2 is 0.922 bits per heavy atom. The first-order valence-electron chi connectivity index (χ1n) is 17.3. The van der Waals surface area contributed by atoms with Gasteiger partial charge in [0.15, 0.2) is 5.58 Å². The van der Waals surface area contributed by atoms with E-state index in [0.29, 0.717) is 0 Å². The van der Waals surface area contributed by atoms with Gasteiger partial charge in [-0.25, -0.2) is 0 Å². The molecule has 0 aliphatic rings. The van der Waals surface area contributed by atoms with Gasteiger partial charge in [0.25, 0.3) is 0 Å². The number of hydrogen-bond donors (Lipinski definition) is 0. The van der Waals surface area contributed by atoms with Crippen molar-refractivity contribution in [3.8, 4) is 33.4 Å². The lowest BCUT2D eigenvalue weighted by Crippen LogP contribution is -2.12. The SMILES string of the molecule is c1ccc(-c2cccc(-c3ccc(N(c4c(-c5ccccc5)ccc5c4oc4ccccc45)c4cccc5oc6ccccc6c45)cc3)c2)cc1. The Kier molecular flexibility index (Phi) is 6.81. The number of rotatable bonds is 6. The number of hydrogen-bond acceptors (Lipinski definition) is 3. The van der Waals surface area contributed by atoms with Crippen molar-refractivity contribution in [3.05, 3.63) is 188 Å². The zero-order valence-electron chi connectivity index (χ0n) is 27.7. The summed E-state index contributed by atoms with van der Waals surface area (Å²) in [6.45, 7) is 0. The molecule has 0 saturated carbocycles. The minimum absolute atomic E-state index is 0.835. The molecular weight excluding hydrogens is 623 g/mol. The number of nitrogens with zero attached hydrogens (tertiary/aromatic N) is 1. The molecule has 0 fully saturated rings. The number of furan rings is 2. The smallest absolute Gasteiger partial charge is 0.160 e. The van der Waals surface area contributed by atoms with Gasteiger partial charge in [-0.2, -0.15) is 0 Å². The van der Waals surface area contributed by atoms with E-state index < -0.39 is 0 Å². The molecule has 0 aliphatic heterocycles. The highest BCUT2D eigenvalue weighted by Gasteiger charge is 2.26. The number of anilines is 3. The second kappa shape index (κ2) is 11.9. The van der Waals surface area contributed by atoms with Crippen LogP contribution < -0.4 is 4.90 Å². The van der Waals surface area contributed by atoms with Crippen LogP contribution in [0.3, 0.4) is 0 Å². The molecule has 0 bridgehead atoms. The molecular formula is C48H31NO2. The van der Waals surface area contributed by atoms with Gasteiger partial charge < -0.3 is 13.7 Å². The number of fused-ring (bicyclic) bond motifs is 6. The molecule has 8 aromatic carbocycles. The van der Waals surface area contributed by atoms with Crippen molar-refractivity contribution >= 4 is 60.9 Å². The normalized spacial score (nSPS) is 11.5. The number of para-hydroxylation sites is 2. The molecule has 2 aromatic heterocycles. The van der Waals surface area contributed by atoms with Gasteiger partial charge in [0.2, 0.25) is 0 Å². The summed E-state index contributed by atoms with van der Waals surface area (Å²) in [5.41, 5.74) is 13.3. The topological polar surface area (TPSA) is 29.5 Å². The van der Waals surface area contributed by atoms with Crippen molar-refractivity contribution in [1.82, 2.24) is 0 Å². The highest BCUT2D eigenvalue weighted by atomic mass is 16.3. The summed E-state index contributed by atoms with van der Waals surface area (Å²) in [5, 5.41) is 4.29. The van der Waals surface area contributed by atoms with Crippen molar-refractivity contribution in [2.24, 2.45) is 0 Å². The third kappa shape index (κ3) is 4.90. The molecule has 51 heavy (non-hydrogen) atoms. The lowest BCUT2D eigenvalue weighted by molar-refractivity contribution is 0.668. The van der Waals surface area contributed by atoms with Crippen LogP contribution >= 0.6 is 0 Å². The van der Waals surface area contributed by atoms with Crippen LogP contribution in [0.2, 0.25) is 0 Å². The molecule has 0 amide bonds. The van der Waals surface area contributed by atoms with Crippen LogP contribution in [-0.4, -0.2) is 0 Å². The molecule has 0 atom stereocenters. The van der Waals surface area contributed by atoms with E-state index in [2.05, 4.69) is 169 Å². The first kappa shape index (κ1) is 29.1. The average molecular weight is 654 g/mol. The minimum Gasteiger partial charge on any atom is -0.456 e. The van der Waals surface area contributed by atoms with Gasteiger partial charge in [0, 0.05) is 27.4 Å². The molecule has 240 valence electrons. The zero-order chi connectivity index (χ0) is 33.7. The molecule has 0 spiro atoms. The van der Waals surface area contributed by atoms with Gasteiger partial charge in [-0.05, 0) is 76.3 Å². The molecule has 0 N–H and O–H groups in total. The summed E-state index contributed by atoms with van der Waals surface area (Å²) in [7, 11) is 0. The Bertz CT molecular complexity index is 2850. The Morgan fingerprint density at radius 1 is 0.353 bits per heavy atom. The fraction of sp³-hybridized carbons (Fsp3) is 0. The quantitative estimate of drug-likeness (QED) is 0.179. The molecule has 3 nitrogen and oxygen atoms in total. The van der Waals surface area contributed by atoms with Gasteiger partial charge in [0.05, 0.1) is 16.8 Å². The second-order valence-electron chi connectivity index (χ2n) is 12.9. The summed E-state index contributed by atoms with van der Waals surface area (Å²) >= 11 is 0. The predicted octanol–water partition coefficient (Wildman–Crippen LogP) is 14.0. The van der Waals surface area contributed by atoms with Gasteiger partial charge >= 0.3 is 0 Å². The first-order chi connectivity index (χ1) is 25.3. The van der Waals surface area contributed by atoms with Gasteiger partial charge in [0.1, 0.15) is 16.7 Å². The van der Waals surface area contributed by atoms with Crippen molar-refractivity contribution < 1.29 is 8.83 Å². The fourth-order valence-electron chi connectivity index (χ4n) is 7.49. The molecule has 3 heteroatoms. The standard InChI is InChI=1S/C48H31NO2/c1-3-13-32(14-4-1)35-17-11-18-36(31-35)33-25-27-37(28-26-33)49(42-21-12-24-45-46(42)41-20-8-10-23-44(41)50-45)47-38(34-15-5-2-6-16-34)29-30-40-39-19-7-9-22-43(39)51-48(40)47/h1-31H. The van der Waals surface area contributed by atoms with E-state index in [-0.39, 0.29) is 0 Å². The maximum atomic E-state index is 6.83. The van der Waals surface area contributed by atoms with Crippen molar-refractivity contribution in [3.63, 3.8) is 0 Å². The van der Waals surface area contributed by atoms with Crippen LogP contribution in [0.4, 0.5) is 17.1 Å². The van der Waals surface area contributed by atoms with E-state index in [4.69, 9.17) is 8.83 Å². The lowest BCUT2D eigenvalue weighted by atomic mass is 9.97. The summed E-state index contributed by atoms with van der Waals surface area (Å²) in [4.78, 5) is 2.36. The highest BCUT2D eigenvalue weighted by molar-refractivity contribution is 6.18. The predicted molar refractivity (Wildman–Crippen MR) is 212 cm³/mol. The molecule has 10 rings (SSSR count). The van der Waals surface area contributed by atoms with Crippen molar-refractivity contribution in [2.75, 3.05) is 4.90 Å². The molecule has 10 aromatic rings. The summed E-state index contributed by atoms with van der Waals surface area (Å²) < 4.78 is 13.3. The lowest BCUT2D eigenvalue weighted by Gasteiger charge is -2.29. The molecule has 0 aliphatic carbocycles.